The molecule has 0 aliphatic carbocycles. The van der Waals surface area contributed by atoms with E-state index in [9.17, 15) is 0 Å². The second-order valence-corrected chi connectivity index (χ2v) is 5.88. The van der Waals surface area contributed by atoms with Gasteiger partial charge in [-0.3, -0.25) is 0 Å². The molecule has 0 N–H and O–H groups in total. The van der Waals surface area contributed by atoms with Crippen molar-refractivity contribution in [1.29, 1.82) is 0 Å². The summed E-state index contributed by atoms with van der Waals surface area (Å²) in [5.74, 6) is 4.48. The highest BCUT2D eigenvalue weighted by atomic mass is 32.2. The fourth-order valence-corrected chi connectivity index (χ4v) is 3.82. The molecule has 0 fully saturated rings. The number of unbranched alkanes of at least 4 members (excludes halogenated alkanes) is 2. The van der Waals surface area contributed by atoms with Crippen LogP contribution in [0.4, 0.5) is 0 Å². The van der Waals surface area contributed by atoms with Gasteiger partial charge in [0, 0.05) is 0 Å². The molecular weight excluding hydrogens is 164 g/mol. The van der Waals surface area contributed by atoms with Crippen LogP contribution in [-0.2, 0) is 10.9 Å². The van der Waals surface area contributed by atoms with Crippen LogP contribution in [0.3, 0.4) is 0 Å². The summed E-state index contributed by atoms with van der Waals surface area (Å²) in [5, 5.41) is 0. The summed E-state index contributed by atoms with van der Waals surface area (Å²) in [5.41, 5.74) is 0. The Balaban J connectivity index is 3.34. The van der Waals surface area contributed by atoms with Crippen molar-refractivity contribution in [2.45, 2.75) is 52.9 Å². The molecule has 0 heterocycles. The van der Waals surface area contributed by atoms with E-state index in [1.54, 1.807) is 0 Å². The summed E-state index contributed by atoms with van der Waals surface area (Å²) in [7, 11) is 0.774. The van der Waals surface area contributed by atoms with Crippen LogP contribution in [0.1, 0.15) is 52.9 Å². The summed E-state index contributed by atoms with van der Waals surface area (Å²) >= 11 is 0. The second-order valence-electron chi connectivity index (χ2n) is 3.43. The third-order valence-corrected chi connectivity index (χ3v) is 4.86. The highest BCUT2D eigenvalue weighted by Crippen LogP contribution is 2.06. The van der Waals surface area contributed by atoms with E-state index in [0.717, 1.165) is 10.9 Å². The Morgan fingerprint density at radius 1 is 0.667 bits per heavy atom. The maximum absolute atomic E-state index is 2.31. The lowest BCUT2D eigenvalue weighted by Crippen LogP contribution is -2.15. The molecule has 0 bridgehead atoms. The molecule has 0 saturated heterocycles. The fraction of sp³-hybridized carbons (Fsp3) is 1.00. The van der Waals surface area contributed by atoms with Gasteiger partial charge < -0.3 is 0 Å². The first-order chi connectivity index (χ1) is 5.85. The van der Waals surface area contributed by atoms with Gasteiger partial charge in [0.1, 0.15) is 17.3 Å². The zero-order valence-electron chi connectivity index (χ0n) is 9.07. The largest absolute Gasteiger partial charge is 0.108 e. The minimum absolute atomic E-state index is 0.774. The summed E-state index contributed by atoms with van der Waals surface area (Å²) < 4.78 is 0. The van der Waals surface area contributed by atoms with Crippen LogP contribution in [0.15, 0.2) is 0 Å². The van der Waals surface area contributed by atoms with E-state index in [1.165, 1.54) is 49.4 Å². The zero-order chi connectivity index (χ0) is 9.23. The third kappa shape index (κ3) is 7.02. The molecule has 0 aromatic carbocycles. The van der Waals surface area contributed by atoms with Crippen LogP contribution in [0.5, 0.6) is 0 Å². The number of hydrogen-bond donors (Lipinski definition) is 0. The van der Waals surface area contributed by atoms with Crippen molar-refractivity contribution in [2.24, 2.45) is 0 Å². The molecule has 0 aliphatic heterocycles. The minimum atomic E-state index is 0.774. The van der Waals surface area contributed by atoms with E-state index in [2.05, 4.69) is 20.8 Å². The normalized spacial score (nSPS) is 11.0. The van der Waals surface area contributed by atoms with E-state index >= 15 is 0 Å². The number of rotatable bonds is 8. The Kier molecular flexibility index (Phi) is 9.71. The van der Waals surface area contributed by atoms with Crippen molar-refractivity contribution in [3.05, 3.63) is 0 Å². The Labute approximate surface area is 81.5 Å². The minimum Gasteiger partial charge on any atom is -0.0654 e. The van der Waals surface area contributed by atoms with Crippen LogP contribution >= 0.6 is 0 Å². The summed E-state index contributed by atoms with van der Waals surface area (Å²) in [6.45, 7) is 6.92. The smallest absolute Gasteiger partial charge is 0.0654 e. The van der Waals surface area contributed by atoms with E-state index < -0.39 is 0 Å². The van der Waals surface area contributed by atoms with Gasteiger partial charge in [0.2, 0.25) is 0 Å². The molecule has 0 nitrogen and oxygen atoms in total. The van der Waals surface area contributed by atoms with E-state index in [1.807, 2.05) is 0 Å². The molecule has 0 amide bonds. The molecule has 0 saturated carbocycles. The van der Waals surface area contributed by atoms with Crippen LogP contribution in [-0.4, -0.2) is 17.3 Å². The molecular formula is C11H25S+. The molecule has 0 spiro atoms. The van der Waals surface area contributed by atoms with Gasteiger partial charge in [0.15, 0.2) is 0 Å². The highest BCUT2D eigenvalue weighted by molar-refractivity contribution is 7.96. The Morgan fingerprint density at radius 3 is 1.67 bits per heavy atom. The summed E-state index contributed by atoms with van der Waals surface area (Å²) in [6.07, 6.45) is 7.05. The van der Waals surface area contributed by atoms with Crippen molar-refractivity contribution < 1.29 is 0 Å². The topological polar surface area (TPSA) is 0 Å². The second kappa shape index (κ2) is 9.44. The monoisotopic (exact) mass is 189 g/mol. The lowest BCUT2D eigenvalue weighted by atomic mass is 10.3. The highest BCUT2D eigenvalue weighted by Gasteiger charge is 2.13. The van der Waals surface area contributed by atoms with Gasteiger partial charge in [-0.05, 0) is 36.6 Å². The van der Waals surface area contributed by atoms with Gasteiger partial charge in [0.05, 0.1) is 0 Å². The lowest BCUT2D eigenvalue weighted by Gasteiger charge is -2.05. The SMILES string of the molecule is CCCCC[S+](CCC)CCC. The molecule has 1 heteroatoms. The standard InChI is InChI=1S/C11H25S/c1-4-7-8-11-12(9-5-2)10-6-3/h4-11H2,1-3H3/q+1. The van der Waals surface area contributed by atoms with Crippen molar-refractivity contribution in [1.82, 2.24) is 0 Å². The quantitative estimate of drug-likeness (QED) is 0.404. The summed E-state index contributed by atoms with van der Waals surface area (Å²) in [4.78, 5) is 0. The van der Waals surface area contributed by atoms with Gasteiger partial charge in [-0.15, -0.1) is 0 Å². The first-order valence-electron chi connectivity index (χ1n) is 5.49. The first-order valence-corrected chi connectivity index (χ1v) is 7.22. The predicted octanol–water partition coefficient (Wildman–Crippen LogP) is 3.61. The van der Waals surface area contributed by atoms with E-state index in [4.69, 9.17) is 0 Å². The van der Waals surface area contributed by atoms with Crippen molar-refractivity contribution >= 4 is 10.9 Å². The molecule has 74 valence electrons. The Morgan fingerprint density at radius 2 is 1.25 bits per heavy atom. The van der Waals surface area contributed by atoms with Crippen LogP contribution in [0, 0.1) is 0 Å². The third-order valence-electron chi connectivity index (χ3n) is 2.02. The Bertz CT molecular complexity index is 75.1. The summed E-state index contributed by atoms with van der Waals surface area (Å²) in [6, 6.07) is 0. The molecule has 0 aliphatic rings. The van der Waals surface area contributed by atoms with Crippen molar-refractivity contribution in [2.75, 3.05) is 17.3 Å². The molecule has 12 heavy (non-hydrogen) atoms. The van der Waals surface area contributed by atoms with Crippen LogP contribution in [0.25, 0.3) is 0 Å². The van der Waals surface area contributed by atoms with Gasteiger partial charge in [0.25, 0.3) is 0 Å². The lowest BCUT2D eigenvalue weighted by molar-refractivity contribution is 0.775. The molecule has 0 radical (unpaired) electrons. The van der Waals surface area contributed by atoms with Gasteiger partial charge in [-0.1, -0.05) is 27.2 Å². The van der Waals surface area contributed by atoms with Crippen LogP contribution in [0.2, 0.25) is 0 Å². The average Bonchev–Trinajstić information content (AvgIpc) is 2.06. The molecule has 0 unspecified atom stereocenters. The fourth-order valence-electron chi connectivity index (χ4n) is 1.44. The van der Waals surface area contributed by atoms with Crippen molar-refractivity contribution in [3.63, 3.8) is 0 Å². The van der Waals surface area contributed by atoms with E-state index in [0.29, 0.717) is 0 Å². The van der Waals surface area contributed by atoms with Gasteiger partial charge in [-0.2, -0.15) is 0 Å². The van der Waals surface area contributed by atoms with Gasteiger partial charge >= 0.3 is 0 Å². The van der Waals surface area contributed by atoms with Crippen molar-refractivity contribution in [3.8, 4) is 0 Å². The first kappa shape index (κ1) is 12.3. The molecule has 0 aromatic heterocycles. The van der Waals surface area contributed by atoms with E-state index in [-0.39, 0.29) is 0 Å². The number of hydrogen-bond acceptors (Lipinski definition) is 0. The maximum atomic E-state index is 2.31. The Hall–Kier alpha value is 0.350. The predicted molar refractivity (Wildman–Crippen MR) is 62.1 cm³/mol. The van der Waals surface area contributed by atoms with Crippen LogP contribution < -0.4 is 0 Å². The molecule has 0 aromatic rings. The van der Waals surface area contributed by atoms with Gasteiger partial charge in [-0.25, -0.2) is 0 Å². The molecule has 0 rings (SSSR count). The average molecular weight is 189 g/mol. The zero-order valence-corrected chi connectivity index (χ0v) is 9.88. The maximum Gasteiger partial charge on any atom is 0.108 e. The molecule has 0 atom stereocenters.